The maximum atomic E-state index is 12.5. The molecule has 3 rings (SSSR count). The number of carbonyl (C=O) groups excluding carboxylic acids is 1. The van der Waals surface area contributed by atoms with Crippen LogP contribution in [0.3, 0.4) is 0 Å². The quantitative estimate of drug-likeness (QED) is 0.818. The fourth-order valence-corrected chi connectivity index (χ4v) is 5.64. The molecule has 0 aromatic carbocycles. The second-order valence-electron chi connectivity index (χ2n) is 7.16. The van der Waals surface area contributed by atoms with Gasteiger partial charge in [0.2, 0.25) is 0 Å². The largest absolute Gasteiger partial charge is 0.481 e. The van der Waals surface area contributed by atoms with Gasteiger partial charge in [0.05, 0.1) is 5.92 Å². The van der Waals surface area contributed by atoms with E-state index in [1.54, 1.807) is 0 Å². The number of aliphatic carboxylic acids is 1. The summed E-state index contributed by atoms with van der Waals surface area (Å²) in [5.41, 5.74) is 0.362. The van der Waals surface area contributed by atoms with Crippen molar-refractivity contribution in [3.05, 3.63) is 0 Å². The van der Waals surface area contributed by atoms with Crippen LogP contribution in [0.4, 0.5) is 4.79 Å². The van der Waals surface area contributed by atoms with E-state index in [4.69, 9.17) is 5.11 Å². The number of urea groups is 1. The Morgan fingerprint density at radius 3 is 2.59 bits per heavy atom. The highest BCUT2D eigenvalue weighted by atomic mass is 32.2. The highest BCUT2D eigenvalue weighted by Crippen LogP contribution is 2.42. The van der Waals surface area contributed by atoms with Crippen LogP contribution >= 0.6 is 11.8 Å². The zero-order valence-corrected chi connectivity index (χ0v) is 13.9. The van der Waals surface area contributed by atoms with Crippen molar-refractivity contribution in [3.63, 3.8) is 0 Å². The van der Waals surface area contributed by atoms with Gasteiger partial charge in [-0.05, 0) is 56.1 Å². The van der Waals surface area contributed by atoms with Gasteiger partial charge in [0.15, 0.2) is 0 Å². The van der Waals surface area contributed by atoms with Crippen LogP contribution in [0.15, 0.2) is 0 Å². The molecule has 0 aromatic heterocycles. The van der Waals surface area contributed by atoms with Crippen molar-refractivity contribution in [2.24, 2.45) is 11.3 Å². The third-order valence-electron chi connectivity index (χ3n) is 5.54. The third kappa shape index (κ3) is 3.53. The van der Waals surface area contributed by atoms with Gasteiger partial charge in [0, 0.05) is 24.9 Å². The monoisotopic (exact) mass is 326 g/mol. The number of hydrogen-bond acceptors (Lipinski definition) is 3. The molecule has 0 radical (unpaired) electrons. The Bertz CT molecular complexity index is 429. The number of amides is 2. The Kier molecular flexibility index (Phi) is 4.85. The summed E-state index contributed by atoms with van der Waals surface area (Å²) < 4.78 is 0. The molecule has 3 fully saturated rings. The van der Waals surface area contributed by atoms with Crippen LogP contribution in [0.2, 0.25) is 0 Å². The van der Waals surface area contributed by atoms with Crippen LogP contribution in [0, 0.1) is 11.3 Å². The number of carboxylic acids is 1. The number of carbonyl (C=O) groups is 2. The second-order valence-corrected chi connectivity index (χ2v) is 8.27. The van der Waals surface area contributed by atoms with Gasteiger partial charge in [-0.2, -0.15) is 11.8 Å². The lowest BCUT2D eigenvalue weighted by atomic mass is 9.80. The van der Waals surface area contributed by atoms with E-state index in [0.29, 0.717) is 18.3 Å². The maximum absolute atomic E-state index is 12.5. The van der Waals surface area contributed by atoms with Gasteiger partial charge in [0.25, 0.3) is 0 Å². The number of nitrogens with one attached hydrogen (secondary N) is 1. The van der Waals surface area contributed by atoms with Crippen molar-refractivity contribution in [1.29, 1.82) is 0 Å². The molecule has 2 saturated heterocycles. The molecule has 0 aromatic rings. The first-order valence-electron chi connectivity index (χ1n) is 8.44. The van der Waals surface area contributed by atoms with E-state index < -0.39 is 5.97 Å². The normalized spacial score (nSPS) is 35.5. The molecule has 3 aliphatic rings. The van der Waals surface area contributed by atoms with E-state index in [2.05, 4.69) is 5.32 Å². The predicted octanol–water partition coefficient (Wildman–Crippen LogP) is 2.56. The summed E-state index contributed by atoms with van der Waals surface area (Å²) in [5, 5.41) is 12.2. The van der Waals surface area contributed by atoms with E-state index in [-0.39, 0.29) is 18.0 Å². The van der Waals surface area contributed by atoms with Gasteiger partial charge in [-0.3, -0.25) is 4.79 Å². The van der Waals surface area contributed by atoms with Gasteiger partial charge < -0.3 is 15.3 Å². The fourth-order valence-electron chi connectivity index (χ4n) is 4.10. The van der Waals surface area contributed by atoms with Crippen LogP contribution in [-0.2, 0) is 4.79 Å². The Labute approximate surface area is 136 Å². The highest BCUT2D eigenvalue weighted by molar-refractivity contribution is 7.99. The molecule has 6 heteroatoms. The Morgan fingerprint density at radius 1 is 1.18 bits per heavy atom. The predicted molar refractivity (Wildman–Crippen MR) is 87.1 cm³/mol. The van der Waals surface area contributed by atoms with Crippen molar-refractivity contribution >= 4 is 23.8 Å². The van der Waals surface area contributed by atoms with Crippen LogP contribution in [0.25, 0.3) is 0 Å². The Morgan fingerprint density at radius 2 is 1.95 bits per heavy atom. The lowest BCUT2D eigenvalue weighted by Crippen LogP contribution is -2.52. The van der Waals surface area contributed by atoms with Gasteiger partial charge >= 0.3 is 12.0 Å². The molecule has 1 saturated carbocycles. The number of piperidine rings is 1. The number of hydrogen-bond donors (Lipinski definition) is 2. The molecule has 2 aliphatic heterocycles. The highest BCUT2D eigenvalue weighted by Gasteiger charge is 2.40. The lowest BCUT2D eigenvalue weighted by Gasteiger charge is -2.40. The number of likely N-dealkylation sites (tertiary alicyclic amines) is 1. The van der Waals surface area contributed by atoms with Crippen LogP contribution in [-0.4, -0.2) is 52.6 Å². The minimum Gasteiger partial charge on any atom is -0.481 e. The van der Waals surface area contributed by atoms with E-state index >= 15 is 0 Å². The summed E-state index contributed by atoms with van der Waals surface area (Å²) in [6.45, 7) is 1.76. The van der Waals surface area contributed by atoms with Crippen molar-refractivity contribution < 1.29 is 14.7 Å². The second kappa shape index (κ2) is 6.69. The van der Waals surface area contributed by atoms with E-state index in [1.165, 1.54) is 24.3 Å². The van der Waals surface area contributed by atoms with Gasteiger partial charge in [-0.25, -0.2) is 4.79 Å². The van der Waals surface area contributed by atoms with Crippen LogP contribution in [0.1, 0.15) is 44.9 Å². The first kappa shape index (κ1) is 16.0. The zero-order valence-electron chi connectivity index (χ0n) is 13.1. The first-order valence-corrected chi connectivity index (χ1v) is 9.59. The molecule has 124 valence electrons. The summed E-state index contributed by atoms with van der Waals surface area (Å²) in [6, 6.07) is 0.216. The van der Waals surface area contributed by atoms with Crippen LogP contribution < -0.4 is 5.32 Å². The Hall–Kier alpha value is -0.910. The summed E-state index contributed by atoms with van der Waals surface area (Å²) in [7, 11) is 0. The SMILES string of the molecule is O=C(O)C1CCC(NC(=O)N2CCCC3(CCSC3)C2)CC1. The van der Waals surface area contributed by atoms with E-state index in [0.717, 1.165) is 32.4 Å². The maximum Gasteiger partial charge on any atom is 0.317 e. The standard InChI is InChI=1S/C16H26N2O3S/c19-14(20)12-2-4-13(5-3-12)17-15(21)18-8-1-6-16(10-18)7-9-22-11-16/h12-13H,1-11H2,(H,17,21)(H,19,20). The molecule has 5 nitrogen and oxygen atoms in total. The number of carboxylic acid groups (broad SMARTS) is 1. The molecule has 2 amide bonds. The fraction of sp³-hybridized carbons (Fsp3) is 0.875. The number of rotatable bonds is 2. The molecule has 2 N–H and O–H groups in total. The Balaban J connectivity index is 1.49. The molecule has 1 atom stereocenters. The van der Waals surface area contributed by atoms with Crippen molar-refractivity contribution in [3.8, 4) is 0 Å². The summed E-state index contributed by atoms with van der Waals surface area (Å²) in [5.74, 6) is 1.51. The number of thioether (sulfide) groups is 1. The van der Waals surface area contributed by atoms with E-state index in [9.17, 15) is 9.59 Å². The molecular weight excluding hydrogens is 300 g/mol. The van der Waals surface area contributed by atoms with Crippen molar-refractivity contribution in [1.82, 2.24) is 10.2 Å². The molecule has 1 unspecified atom stereocenters. The first-order chi connectivity index (χ1) is 10.6. The average molecular weight is 326 g/mol. The van der Waals surface area contributed by atoms with E-state index in [1.807, 2.05) is 16.7 Å². The van der Waals surface area contributed by atoms with Crippen LogP contribution in [0.5, 0.6) is 0 Å². The van der Waals surface area contributed by atoms with Crippen molar-refractivity contribution in [2.45, 2.75) is 51.0 Å². The van der Waals surface area contributed by atoms with Gasteiger partial charge in [-0.1, -0.05) is 0 Å². The molecule has 2 heterocycles. The molecule has 22 heavy (non-hydrogen) atoms. The van der Waals surface area contributed by atoms with Crippen molar-refractivity contribution in [2.75, 3.05) is 24.6 Å². The minimum atomic E-state index is -0.693. The summed E-state index contributed by atoms with van der Waals surface area (Å²) in [4.78, 5) is 25.5. The summed E-state index contributed by atoms with van der Waals surface area (Å²) in [6.07, 6.45) is 6.55. The zero-order chi connectivity index (χ0) is 15.6. The summed E-state index contributed by atoms with van der Waals surface area (Å²) >= 11 is 2.02. The third-order valence-corrected chi connectivity index (χ3v) is 6.85. The number of nitrogens with zero attached hydrogens (tertiary/aromatic N) is 1. The molecule has 1 aliphatic carbocycles. The smallest absolute Gasteiger partial charge is 0.317 e. The topological polar surface area (TPSA) is 69.6 Å². The molecule has 1 spiro atoms. The van der Waals surface area contributed by atoms with Gasteiger partial charge in [0.1, 0.15) is 0 Å². The average Bonchev–Trinajstić information content (AvgIpc) is 2.95. The van der Waals surface area contributed by atoms with Gasteiger partial charge in [-0.15, -0.1) is 0 Å². The lowest BCUT2D eigenvalue weighted by molar-refractivity contribution is -0.142. The molecular formula is C16H26N2O3S. The molecule has 0 bridgehead atoms. The minimum absolute atomic E-state index is 0.0646.